The molecule has 0 spiro atoms. The first kappa shape index (κ1) is 16.7. The van der Waals surface area contributed by atoms with Crippen LogP contribution in [0, 0.1) is 0 Å². The second-order valence-corrected chi connectivity index (χ2v) is 5.36. The van der Waals surface area contributed by atoms with Gasteiger partial charge in [-0.25, -0.2) is 4.98 Å². The maximum absolute atomic E-state index is 11.6. The fourth-order valence-electron chi connectivity index (χ4n) is 2.23. The van der Waals surface area contributed by atoms with E-state index in [4.69, 9.17) is 9.52 Å². The van der Waals surface area contributed by atoms with Crippen molar-refractivity contribution in [2.75, 3.05) is 18.5 Å². The van der Waals surface area contributed by atoms with E-state index in [1.807, 2.05) is 30.3 Å². The number of anilines is 1. The van der Waals surface area contributed by atoms with Crippen LogP contribution in [0.3, 0.4) is 0 Å². The minimum Gasteiger partial charge on any atom is -0.444 e. The number of aliphatic hydroxyl groups excluding tert-OH is 1. The molecule has 3 aromatic rings. The number of hydrogen-bond acceptors (Lipinski definition) is 6. The number of rotatable bonds is 8. The molecule has 0 bridgehead atoms. The average molecular weight is 341 g/mol. The van der Waals surface area contributed by atoms with Crippen molar-refractivity contribution in [3.8, 4) is 11.5 Å². The summed E-state index contributed by atoms with van der Waals surface area (Å²) in [5, 5.41) is 18.6. The molecule has 2 aromatic heterocycles. The molecule has 0 fully saturated rings. The summed E-state index contributed by atoms with van der Waals surface area (Å²) in [6, 6.07) is 9.69. The van der Waals surface area contributed by atoms with Crippen molar-refractivity contribution in [2.24, 2.45) is 0 Å². The van der Waals surface area contributed by atoms with Crippen LogP contribution in [0.25, 0.3) is 11.5 Å². The highest BCUT2D eigenvalue weighted by Gasteiger charge is 2.07. The van der Waals surface area contributed by atoms with Crippen LogP contribution in [0.4, 0.5) is 5.69 Å². The molecule has 0 radical (unpaired) electrons. The molecule has 1 aromatic carbocycles. The van der Waals surface area contributed by atoms with Gasteiger partial charge in [-0.2, -0.15) is 5.10 Å². The Morgan fingerprint density at radius 1 is 1.28 bits per heavy atom. The van der Waals surface area contributed by atoms with Crippen molar-refractivity contribution < 1.29 is 14.3 Å². The van der Waals surface area contributed by atoms with Crippen molar-refractivity contribution >= 4 is 11.6 Å². The number of nitrogens with one attached hydrogen (secondary N) is 2. The Kier molecular flexibility index (Phi) is 5.43. The Balaban J connectivity index is 1.52. The Hall–Kier alpha value is -3.13. The van der Waals surface area contributed by atoms with Crippen LogP contribution in [0.2, 0.25) is 0 Å². The number of nitrogens with zero attached hydrogens (tertiary/aromatic N) is 3. The molecule has 0 saturated carbocycles. The highest BCUT2D eigenvalue weighted by Crippen LogP contribution is 2.18. The second kappa shape index (κ2) is 8.11. The molecular weight excluding hydrogens is 322 g/mol. The number of amides is 1. The fraction of sp³-hybridized carbons (Fsp3) is 0.235. The summed E-state index contributed by atoms with van der Waals surface area (Å²) >= 11 is 0. The normalized spacial score (nSPS) is 10.6. The Bertz CT molecular complexity index is 813. The van der Waals surface area contributed by atoms with E-state index < -0.39 is 0 Å². The van der Waals surface area contributed by atoms with E-state index in [0.717, 1.165) is 16.9 Å². The third-order valence-electron chi connectivity index (χ3n) is 3.42. The second-order valence-electron chi connectivity index (χ2n) is 5.36. The van der Waals surface area contributed by atoms with Gasteiger partial charge in [0.1, 0.15) is 12.8 Å². The predicted octanol–water partition coefficient (Wildman–Crippen LogP) is 1.26. The van der Waals surface area contributed by atoms with Crippen molar-refractivity contribution in [3.63, 3.8) is 0 Å². The molecule has 0 aliphatic rings. The van der Waals surface area contributed by atoms with Crippen LogP contribution < -0.4 is 10.6 Å². The molecule has 0 atom stereocenters. The van der Waals surface area contributed by atoms with Crippen molar-refractivity contribution in [1.82, 2.24) is 20.1 Å². The van der Waals surface area contributed by atoms with E-state index in [1.165, 1.54) is 4.68 Å². The summed E-state index contributed by atoms with van der Waals surface area (Å²) < 4.78 is 7.01. The number of aromatic nitrogens is 3. The first-order valence-corrected chi connectivity index (χ1v) is 7.88. The summed E-state index contributed by atoms with van der Waals surface area (Å²) in [5.41, 5.74) is 2.47. The summed E-state index contributed by atoms with van der Waals surface area (Å²) in [7, 11) is 0. The van der Waals surface area contributed by atoms with Gasteiger partial charge in [0.2, 0.25) is 11.8 Å². The maximum atomic E-state index is 11.6. The fourth-order valence-corrected chi connectivity index (χ4v) is 2.23. The monoisotopic (exact) mass is 341 g/mol. The van der Waals surface area contributed by atoms with Crippen molar-refractivity contribution in [3.05, 3.63) is 54.7 Å². The van der Waals surface area contributed by atoms with Crippen LogP contribution >= 0.6 is 0 Å². The Labute approximate surface area is 144 Å². The largest absolute Gasteiger partial charge is 0.444 e. The van der Waals surface area contributed by atoms with E-state index in [2.05, 4.69) is 20.7 Å². The molecule has 3 rings (SSSR count). The van der Waals surface area contributed by atoms with Crippen molar-refractivity contribution in [1.29, 1.82) is 0 Å². The van der Waals surface area contributed by atoms with Crippen LogP contribution in [0.15, 0.2) is 53.4 Å². The van der Waals surface area contributed by atoms with Crippen LogP contribution in [0.5, 0.6) is 0 Å². The zero-order chi connectivity index (χ0) is 17.5. The van der Waals surface area contributed by atoms with E-state index in [9.17, 15) is 4.79 Å². The Morgan fingerprint density at radius 3 is 2.92 bits per heavy atom. The summed E-state index contributed by atoms with van der Waals surface area (Å²) in [6.07, 6.45) is 4.98. The van der Waals surface area contributed by atoms with Gasteiger partial charge < -0.3 is 20.2 Å². The van der Waals surface area contributed by atoms with Crippen LogP contribution in [-0.4, -0.2) is 38.9 Å². The van der Waals surface area contributed by atoms with Gasteiger partial charge in [0, 0.05) is 18.3 Å². The standard InChI is InChI=1S/C17H19N5O3/c23-7-6-18-16(24)11-22-10-14(9-20-22)19-8-15-12-25-17(21-15)13-4-2-1-3-5-13/h1-5,9-10,12,19,23H,6-8,11H2,(H,18,24). The van der Waals surface area contributed by atoms with Gasteiger partial charge in [0.05, 0.1) is 30.7 Å². The zero-order valence-electron chi connectivity index (χ0n) is 13.6. The lowest BCUT2D eigenvalue weighted by molar-refractivity contribution is -0.122. The third kappa shape index (κ3) is 4.67. The number of oxazole rings is 1. The lowest BCUT2D eigenvalue weighted by Crippen LogP contribution is -2.30. The SMILES string of the molecule is O=C(Cn1cc(NCc2coc(-c3ccccc3)n2)cn1)NCCO. The third-order valence-corrected chi connectivity index (χ3v) is 3.42. The quantitative estimate of drug-likeness (QED) is 0.570. The first-order valence-electron chi connectivity index (χ1n) is 7.88. The predicted molar refractivity (Wildman–Crippen MR) is 91.6 cm³/mol. The van der Waals surface area contributed by atoms with Gasteiger partial charge in [0.25, 0.3) is 0 Å². The first-order chi connectivity index (χ1) is 12.2. The molecule has 130 valence electrons. The molecule has 0 unspecified atom stereocenters. The summed E-state index contributed by atoms with van der Waals surface area (Å²) in [4.78, 5) is 16.0. The number of hydrogen-bond donors (Lipinski definition) is 3. The molecule has 8 nitrogen and oxygen atoms in total. The Morgan fingerprint density at radius 2 is 2.12 bits per heavy atom. The average Bonchev–Trinajstić information content (AvgIpc) is 3.28. The van der Waals surface area contributed by atoms with E-state index in [0.29, 0.717) is 12.4 Å². The minimum absolute atomic E-state index is 0.0830. The highest BCUT2D eigenvalue weighted by atomic mass is 16.3. The smallest absolute Gasteiger partial charge is 0.241 e. The van der Waals surface area contributed by atoms with Crippen LogP contribution in [0.1, 0.15) is 5.69 Å². The van der Waals surface area contributed by atoms with Gasteiger partial charge in [-0.1, -0.05) is 18.2 Å². The number of carbonyl (C=O) groups excluding carboxylic acids is 1. The molecule has 25 heavy (non-hydrogen) atoms. The van der Waals surface area contributed by atoms with E-state index >= 15 is 0 Å². The molecule has 3 N–H and O–H groups in total. The number of aliphatic hydroxyl groups is 1. The molecule has 0 saturated heterocycles. The van der Waals surface area contributed by atoms with Gasteiger partial charge in [-0.05, 0) is 12.1 Å². The van der Waals surface area contributed by atoms with Gasteiger partial charge in [-0.15, -0.1) is 0 Å². The molecular formula is C17H19N5O3. The molecule has 2 heterocycles. The van der Waals surface area contributed by atoms with Crippen LogP contribution in [-0.2, 0) is 17.9 Å². The van der Waals surface area contributed by atoms with Crippen molar-refractivity contribution in [2.45, 2.75) is 13.1 Å². The summed E-state index contributed by atoms with van der Waals surface area (Å²) in [6.45, 7) is 0.740. The molecule has 1 amide bonds. The topological polar surface area (TPSA) is 105 Å². The van der Waals surface area contributed by atoms with Gasteiger partial charge in [0.15, 0.2) is 0 Å². The lowest BCUT2D eigenvalue weighted by Gasteiger charge is -2.03. The maximum Gasteiger partial charge on any atom is 0.241 e. The zero-order valence-corrected chi connectivity index (χ0v) is 13.6. The van der Waals surface area contributed by atoms with Gasteiger partial charge in [-0.3, -0.25) is 9.48 Å². The summed E-state index contributed by atoms with van der Waals surface area (Å²) in [5.74, 6) is 0.376. The molecule has 0 aliphatic heterocycles. The number of benzene rings is 1. The minimum atomic E-state index is -0.201. The van der Waals surface area contributed by atoms with E-state index in [-0.39, 0.29) is 25.6 Å². The molecule has 8 heteroatoms. The molecule has 0 aliphatic carbocycles. The highest BCUT2D eigenvalue weighted by molar-refractivity contribution is 5.75. The van der Waals surface area contributed by atoms with Gasteiger partial charge >= 0.3 is 0 Å². The lowest BCUT2D eigenvalue weighted by atomic mass is 10.2. The number of carbonyl (C=O) groups is 1. The van der Waals surface area contributed by atoms with E-state index in [1.54, 1.807) is 18.7 Å².